The molecule has 0 aliphatic carbocycles. The molecule has 0 heterocycles. The van der Waals surface area contributed by atoms with Gasteiger partial charge in [0.2, 0.25) is 0 Å². The summed E-state index contributed by atoms with van der Waals surface area (Å²) in [6.07, 6.45) is 10.9. The third-order valence-electron chi connectivity index (χ3n) is 2.07. The Morgan fingerprint density at radius 1 is 1.00 bits per heavy atom. The summed E-state index contributed by atoms with van der Waals surface area (Å²) in [5.41, 5.74) is 0. The van der Waals surface area contributed by atoms with E-state index in [1.165, 1.54) is 19.3 Å². The van der Waals surface area contributed by atoms with Gasteiger partial charge in [0, 0.05) is 6.61 Å². The van der Waals surface area contributed by atoms with Crippen molar-refractivity contribution in [2.45, 2.75) is 45.4 Å². The molecule has 90 valence electrons. The average Bonchev–Trinajstić information content (AvgIpc) is 2.26. The van der Waals surface area contributed by atoms with Gasteiger partial charge in [-0.05, 0) is 12.8 Å². The van der Waals surface area contributed by atoms with Crippen molar-refractivity contribution in [1.82, 2.24) is 0 Å². The molecule has 0 aromatic heterocycles. The van der Waals surface area contributed by atoms with Crippen molar-refractivity contribution in [2.24, 2.45) is 0 Å². The summed E-state index contributed by atoms with van der Waals surface area (Å²) in [5, 5.41) is 0. The fraction of sp³-hybridized carbons (Fsp3) is 0.769. The molecule has 0 aromatic carbocycles. The van der Waals surface area contributed by atoms with Crippen LogP contribution in [-0.2, 0) is 9.47 Å². The van der Waals surface area contributed by atoms with E-state index in [0.29, 0.717) is 6.79 Å². The second kappa shape index (κ2) is 17.6. The number of allylic oxidation sites excluding steroid dienone is 1. The van der Waals surface area contributed by atoms with Crippen LogP contribution in [0.2, 0.25) is 0 Å². The van der Waals surface area contributed by atoms with Gasteiger partial charge < -0.3 is 16.4 Å². The molecule has 0 fully saturated rings. The average molecular weight is 220 g/mol. The SMILES string of the molecule is [CH2-]C/C=C\CCOCOCCCCCC.[Li+]. The van der Waals surface area contributed by atoms with E-state index in [4.69, 9.17) is 9.47 Å². The van der Waals surface area contributed by atoms with Crippen molar-refractivity contribution < 1.29 is 28.3 Å². The Balaban J connectivity index is 0. The minimum Gasteiger partial charge on any atom is -0.355 e. The van der Waals surface area contributed by atoms with Gasteiger partial charge in [0.1, 0.15) is 6.79 Å². The van der Waals surface area contributed by atoms with E-state index in [1.54, 1.807) is 0 Å². The molecule has 0 saturated carbocycles. The summed E-state index contributed by atoms with van der Waals surface area (Å²) < 4.78 is 10.6. The van der Waals surface area contributed by atoms with Crippen LogP contribution in [0.1, 0.15) is 45.4 Å². The van der Waals surface area contributed by atoms with Crippen LogP contribution in [0.5, 0.6) is 0 Å². The predicted molar refractivity (Wildman–Crippen MR) is 64.6 cm³/mol. The molecule has 0 rings (SSSR count). The normalized spacial score (nSPS) is 10.6. The van der Waals surface area contributed by atoms with Gasteiger partial charge in [-0.3, -0.25) is 0 Å². The third-order valence-corrected chi connectivity index (χ3v) is 2.07. The maximum atomic E-state index is 5.33. The third kappa shape index (κ3) is 16.7. The standard InChI is InChI=1S/C13H25O2.Li/c1-3-5-7-9-11-14-13-15-12-10-8-6-4-2;/h5,7H,1,3-4,6,8-13H2,2H3;/q-1;+1/b7-5-;. The molecule has 0 spiro atoms. The summed E-state index contributed by atoms with van der Waals surface area (Å²) in [5.74, 6) is 0. The van der Waals surface area contributed by atoms with Gasteiger partial charge in [-0.25, -0.2) is 0 Å². The van der Waals surface area contributed by atoms with Crippen molar-refractivity contribution in [2.75, 3.05) is 20.0 Å². The Labute approximate surface area is 113 Å². The molecular weight excluding hydrogens is 195 g/mol. The first-order valence-corrected chi connectivity index (χ1v) is 6.01. The molecule has 0 atom stereocenters. The maximum absolute atomic E-state index is 5.33. The summed E-state index contributed by atoms with van der Waals surface area (Å²) in [4.78, 5) is 0. The molecule has 0 aromatic rings. The zero-order valence-electron chi connectivity index (χ0n) is 11.0. The summed E-state index contributed by atoms with van der Waals surface area (Å²) in [7, 11) is 0. The van der Waals surface area contributed by atoms with Crippen molar-refractivity contribution >= 4 is 0 Å². The molecule has 0 aliphatic rings. The molecule has 0 N–H and O–H groups in total. The second-order valence-corrected chi connectivity index (χ2v) is 3.54. The van der Waals surface area contributed by atoms with Gasteiger partial charge >= 0.3 is 18.9 Å². The van der Waals surface area contributed by atoms with Crippen LogP contribution in [0.15, 0.2) is 12.2 Å². The Hall–Kier alpha value is 0.257. The fourth-order valence-electron chi connectivity index (χ4n) is 1.19. The van der Waals surface area contributed by atoms with E-state index < -0.39 is 0 Å². The maximum Gasteiger partial charge on any atom is 1.00 e. The molecule has 0 saturated heterocycles. The molecule has 0 amide bonds. The van der Waals surface area contributed by atoms with Crippen LogP contribution < -0.4 is 18.9 Å². The van der Waals surface area contributed by atoms with Crippen LogP contribution in [0.3, 0.4) is 0 Å². The molecule has 2 nitrogen and oxygen atoms in total. The van der Waals surface area contributed by atoms with Gasteiger partial charge in [0.15, 0.2) is 0 Å². The number of ether oxygens (including phenoxy) is 2. The number of unbranched alkanes of at least 4 members (excludes halogenated alkanes) is 3. The zero-order chi connectivity index (χ0) is 11.2. The molecule has 0 bridgehead atoms. The number of hydrogen-bond donors (Lipinski definition) is 0. The second-order valence-electron chi connectivity index (χ2n) is 3.54. The van der Waals surface area contributed by atoms with Crippen molar-refractivity contribution in [3.05, 3.63) is 19.1 Å². The fourth-order valence-corrected chi connectivity index (χ4v) is 1.19. The molecule has 16 heavy (non-hydrogen) atoms. The van der Waals surface area contributed by atoms with E-state index in [1.807, 2.05) is 0 Å². The van der Waals surface area contributed by atoms with Crippen molar-refractivity contribution in [3.63, 3.8) is 0 Å². The Morgan fingerprint density at radius 2 is 1.75 bits per heavy atom. The molecule has 0 aliphatic heterocycles. The monoisotopic (exact) mass is 220 g/mol. The predicted octanol–water partition coefficient (Wildman–Crippen LogP) is 0.732. The van der Waals surface area contributed by atoms with Crippen molar-refractivity contribution in [1.29, 1.82) is 0 Å². The number of hydrogen-bond acceptors (Lipinski definition) is 2. The van der Waals surface area contributed by atoms with E-state index in [0.717, 1.165) is 32.5 Å². The molecule has 3 heteroatoms. The number of rotatable bonds is 11. The van der Waals surface area contributed by atoms with Gasteiger partial charge in [0.05, 0.1) is 6.61 Å². The summed E-state index contributed by atoms with van der Waals surface area (Å²) in [6, 6.07) is 0. The topological polar surface area (TPSA) is 18.5 Å². The van der Waals surface area contributed by atoms with Crippen LogP contribution >= 0.6 is 0 Å². The summed E-state index contributed by atoms with van der Waals surface area (Å²) in [6.45, 7) is 7.93. The smallest absolute Gasteiger partial charge is 0.355 e. The van der Waals surface area contributed by atoms with E-state index in [9.17, 15) is 0 Å². The first kappa shape index (κ1) is 18.6. The molecule has 0 unspecified atom stereocenters. The first-order chi connectivity index (χ1) is 7.41. The van der Waals surface area contributed by atoms with Crippen LogP contribution in [0.25, 0.3) is 0 Å². The van der Waals surface area contributed by atoms with Crippen LogP contribution in [-0.4, -0.2) is 20.0 Å². The van der Waals surface area contributed by atoms with Crippen molar-refractivity contribution in [3.8, 4) is 0 Å². The molecule has 0 radical (unpaired) electrons. The van der Waals surface area contributed by atoms with Gasteiger partial charge in [-0.15, -0.1) is 6.08 Å². The van der Waals surface area contributed by atoms with E-state index in [2.05, 4.69) is 26.0 Å². The van der Waals surface area contributed by atoms with E-state index >= 15 is 0 Å². The minimum absolute atomic E-state index is 0. The largest absolute Gasteiger partial charge is 1.00 e. The van der Waals surface area contributed by atoms with Gasteiger partial charge in [-0.1, -0.05) is 32.3 Å². The van der Waals surface area contributed by atoms with Crippen LogP contribution in [0, 0.1) is 6.92 Å². The Kier molecular flexibility index (Phi) is 20.5. The van der Waals surface area contributed by atoms with Gasteiger partial charge in [-0.2, -0.15) is 6.42 Å². The first-order valence-electron chi connectivity index (χ1n) is 6.01. The summed E-state index contributed by atoms with van der Waals surface area (Å²) >= 11 is 0. The minimum atomic E-state index is 0. The quantitative estimate of drug-likeness (QED) is 0.168. The Bertz CT molecular complexity index is 138. The molecular formula is C13H25LiO2. The Morgan fingerprint density at radius 3 is 2.44 bits per heavy atom. The zero-order valence-corrected chi connectivity index (χ0v) is 11.0. The van der Waals surface area contributed by atoms with Crippen LogP contribution in [0.4, 0.5) is 0 Å². The van der Waals surface area contributed by atoms with Gasteiger partial charge in [0.25, 0.3) is 0 Å². The van der Waals surface area contributed by atoms with E-state index in [-0.39, 0.29) is 18.9 Å².